The molecule has 1 saturated carbocycles. The highest BCUT2D eigenvalue weighted by Gasteiger charge is 2.27. The second-order valence-electron chi connectivity index (χ2n) is 4.56. The first kappa shape index (κ1) is 10.7. The van der Waals surface area contributed by atoms with Crippen molar-refractivity contribution in [3.05, 3.63) is 18.2 Å². The Bertz CT molecular complexity index is 306. The minimum Gasteiger partial charge on any atom is -0.338 e. The van der Waals surface area contributed by atoms with Crippen LogP contribution in [0.2, 0.25) is 0 Å². The van der Waals surface area contributed by atoms with Crippen molar-refractivity contribution in [1.82, 2.24) is 14.9 Å². The molecule has 84 valence electrons. The van der Waals surface area contributed by atoms with Crippen LogP contribution in [0.3, 0.4) is 0 Å². The number of imidazole rings is 1. The van der Waals surface area contributed by atoms with E-state index in [4.69, 9.17) is 0 Å². The van der Waals surface area contributed by atoms with Crippen LogP contribution in [0.15, 0.2) is 12.4 Å². The van der Waals surface area contributed by atoms with Gasteiger partial charge < -0.3 is 9.88 Å². The third-order valence-corrected chi connectivity index (χ3v) is 3.34. The fraction of sp³-hybridized carbons (Fsp3) is 0.750. The third kappa shape index (κ3) is 2.40. The Morgan fingerprint density at radius 2 is 2.40 bits per heavy atom. The van der Waals surface area contributed by atoms with E-state index in [1.807, 2.05) is 12.4 Å². The SMILES string of the molecule is CCCNC1CCC(c2nccn2C)C1. The Labute approximate surface area is 91.9 Å². The van der Waals surface area contributed by atoms with Gasteiger partial charge in [0.25, 0.3) is 0 Å². The van der Waals surface area contributed by atoms with Crippen molar-refractivity contribution in [2.24, 2.45) is 7.05 Å². The first-order chi connectivity index (χ1) is 7.31. The summed E-state index contributed by atoms with van der Waals surface area (Å²) in [5.74, 6) is 1.93. The molecule has 0 aromatic carbocycles. The second kappa shape index (κ2) is 4.79. The summed E-state index contributed by atoms with van der Waals surface area (Å²) in [5.41, 5.74) is 0. The number of nitrogens with zero attached hydrogens (tertiary/aromatic N) is 2. The van der Waals surface area contributed by atoms with Crippen LogP contribution in [0.25, 0.3) is 0 Å². The molecule has 0 bridgehead atoms. The van der Waals surface area contributed by atoms with E-state index in [0.717, 1.165) is 6.54 Å². The van der Waals surface area contributed by atoms with E-state index in [1.54, 1.807) is 0 Å². The van der Waals surface area contributed by atoms with Gasteiger partial charge in [-0.05, 0) is 32.2 Å². The van der Waals surface area contributed by atoms with Crippen molar-refractivity contribution in [2.75, 3.05) is 6.54 Å². The molecule has 15 heavy (non-hydrogen) atoms. The van der Waals surface area contributed by atoms with E-state index in [1.165, 1.54) is 31.5 Å². The Morgan fingerprint density at radius 3 is 3.07 bits per heavy atom. The van der Waals surface area contributed by atoms with Crippen molar-refractivity contribution in [3.63, 3.8) is 0 Å². The van der Waals surface area contributed by atoms with Gasteiger partial charge in [-0.2, -0.15) is 0 Å². The summed E-state index contributed by atoms with van der Waals surface area (Å²) >= 11 is 0. The van der Waals surface area contributed by atoms with Gasteiger partial charge in [0.05, 0.1) is 0 Å². The minimum atomic E-state index is 0.666. The standard InChI is InChI=1S/C12H21N3/c1-3-6-13-11-5-4-10(9-11)12-14-7-8-15(12)2/h7-8,10-11,13H,3-6,9H2,1-2H3. The van der Waals surface area contributed by atoms with Gasteiger partial charge in [0.1, 0.15) is 5.82 Å². The smallest absolute Gasteiger partial charge is 0.111 e. The van der Waals surface area contributed by atoms with E-state index in [2.05, 4.69) is 28.8 Å². The molecule has 2 atom stereocenters. The fourth-order valence-electron chi connectivity index (χ4n) is 2.52. The lowest BCUT2D eigenvalue weighted by Crippen LogP contribution is -2.27. The molecule has 1 aliphatic rings. The second-order valence-corrected chi connectivity index (χ2v) is 4.56. The summed E-state index contributed by atoms with van der Waals surface area (Å²) in [7, 11) is 2.09. The largest absolute Gasteiger partial charge is 0.338 e. The van der Waals surface area contributed by atoms with Crippen LogP contribution < -0.4 is 5.32 Å². The molecule has 1 heterocycles. The van der Waals surface area contributed by atoms with Gasteiger partial charge in [-0.25, -0.2) is 4.98 Å². The van der Waals surface area contributed by atoms with Crippen LogP contribution in [0, 0.1) is 0 Å². The monoisotopic (exact) mass is 207 g/mol. The highest BCUT2D eigenvalue weighted by Crippen LogP contribution is 2.33. The number of hydrogen-bond donors (Lipinski definition) is 1. The van der Waals surface area contributed by atoms with Crippen molar-refractivity contribution in [3.8, 4) is 0 Å². The lowest BCUT2D eigenvalue weighted by atomic mass is 10.1. The molecule has 1 fully saturated rings. The van der Waals surface area contributed by atoms with Crippen LogP contribution in [0.5, 0.6) is 0 Å². The maximum atomic E-state index is 4.45. The molecule has 2 unspecified atom stereocenters. The molecular weight excluding hydrogens is 186 g/mol. The van der Waals surface area contributed by atoms with Gasteiger partial charge in [0.15, 0.2) is 0 Å². The zero-order chi connectivity index (χ0) is 10.7. The highest BCUT2D eigenvalue weighted by atomic mass is 15.0. The van der Waals surface area contributed by atoms with E-state index >= 15 is 0 Å². The molecule has 2 rings (SSSR count). The molecule has 1 aromatic rings. The van der Waals surface area contributed by atoms with Crippen LogP contribution in [0.1, 0.15) is 44.3 Å². The van der Waals surface area contributed by atoms with Gasteiger partial charge in [-0.1, -0.05) is 6.92 Å². The summed E-state index contributed by atoms with van der Waals surface area (Å²) < 4.78 is 2.16. The summed E-state index contributed by atoms with van der Waals surface area (Å²) in [4.78, 5) is 4.45. The molecule has 0 amide bonds. The molecule has 0 aliphatic heterocycles. The van der Waals surface area contributed by atoms with E-state index in [9.17, 15) is 0 Å². The Kier molecular flexibility index (Phi) is 3.41. The fourth-order valence-corrected chi connectivity index (χ4v) is 2.52. The Morgan fingerprint density at radius 1 is 1.53 bits per heavy atom. The number of hydrogen-bond acceptors (Lipinski definition) is 2. The number of nitrogens with one attached hydrogen (secondary N) is 1. The van der Waals surface area contributed by atoms with Crippen LogP contribution in [-0.4, -0.2) is 22.1 Å². The molecular formula is C12H21N3. The Balaban J connectivity index is 1.90. The first-order valence-electron chi connectivity index (χ1n) is 6.02. The summed E-state index contributed by atoms with van der Waals surface area (Å²) in [5, 5.41) is 3.61. The van der Waals surface area contributed by atoms with Gasteiger partial charge in [-0.3, -0.25) is 0 Å². The van der Waals surface area contributed by atoms with Crippen molar-refractivity contribution in [2.45, 2.75) is 44.6 Å². The van der Waals surface area contributed by atoms with Gasteiger partial charge in [0, 0.05) is 31.4 Å². The molecule has 0 spiro atoms. The molecule has 0 radical (unpaired) electrons. The lowest BCUT2D eigenvalue weighted by molar-refractivity contribution is 0.511. The summed E-state index contributed by atoms with van der Waals surface area (Å²) in [6, 6.07) is 0.714. The van der Waals surface area contributed by atoms with Gasteiger partial charge >= 0.3 is 0 Å². The predicted molar refractivity (Wildman–Crippen MR) is 61.9 cm³/mol. The van der Waals surface area contributed by atoms with E-state index in [0.29, 0.717) is 12.0 Å². The first-order valence-corrected chi connectivity index (χ1v) is 6.02. The van der Waals surface area contributed by atoms with Crippen LogP contribution in [-0.2, 0) is 7.05 Å². The summed E-state index contributed by atoms with van der Waals surface area (Å²) in [6.07, 6.45) is 9.02. The molecule has 3 heteroatoms. The Hall–Kier alpha value is -0.830. The zero-order valence-corrected chi connectivity index (χ0v) is 9.74. The summed E-state index contributed by atoms with van der Waals surface area (Å²) in [6.45, 7) is 3.37. The number of aryl methyl sites for hydroxylation is 1. The van der Waals surface area contributed by atoms with Crippen molar-refractivity contribution >= 4 is 0 Å². The van der Waals surface area contributed by atoms with Gasteiger partial charge in [0.2, 0.25) is 0 Å². The van der Waals surface area contributed by atoms with Gasteiger partial charge in [-0.15, -0.1) is 0 Å². The molecule has 0 saturated heterocycles. The van der Waals surface area contributed by atoms with E-state index < -0.39 is 0 Å². The average molecular weight is 207 g/mol. The lowest BCUT2D eigenvalue weighted by Gasteiger charge is -2.12. The average Bonchev–Trinajstić information content (AvgIpc) is 2.83. The maximum Gasteiger partial charge on any atom is 0.111 e. The van der Waals surface area contributed by atoms with E-state index in [-0.39, 0.29) is 0 Å². The minimum absolute atomic E-state index is 0.666. The number of rotatable bonds is 4. The molecule has 1 aromatic heterocycles. The predicted octanol–water partition coefficient (Wildman–Crippen LogP) is 2.06. The van der Waals surface area contributed by atoms with Crippen molar-refractivity contribution < 1.29 is 0 Å². The van der Waals surface area contributed by atoms with Crippen molar-refractivity contribution in [1.29, 1.82) is 0 Å². The quantitative estimate of drug-likeness (QED) is 0.819. The molecule has 1 aliphatic carbocycles. The third-order valence-electron chi connectivity index (χ3n) is 3.34. The number of aromatic nitrogens is 2. The van der Waals surface area contributed by atoms with Crippen LogP contribution in [0.4, 0.5) is 0 Å². The topological polar surface area (TPSA) is 29.9 Å². The normalized spacial score (nSPS) is 26.0. The maximum absolute atomic E-state index is 4.45. The zero-order valence-electron chi connectivity index (χ0n) is 9.74. The van der Waals surface area contributed by atoms with Crippen LogP contribution >= 0.6 is 0 Å². The highest BCUT2D eigenvalue weighted by molar-refractivity contribution is 5.04. The molecule has 1 N–H and O–H groups in total. The molecule has 3 nitrogen and oxygen atoms in total.